The van der Waals surface area contributed by atoms with Gasteiger partial charge in [-0.1, -0.05) is 0 Å². The first-order valence-corrected chi connectivity index (χ1v) is 7.45. The number of anilines is 2. The van der Waals surface area contributed by atoms with Gasteiger partial charge >= 0.3 is 0 Å². The Bertz CT molecular complexity index is 584. The van der Waals surface area contributed by atoms with Crippen LogP contribution in [0.15, 0.2) is 18.2 Å². The van der Waals surface area contributed by atoms with E-state index in [-0.39, 0.29) is 30.6 Å². The number of amides is 1. The van der Waals surface area contributed by atoms with Crippen LogP contribution < -0.4 is 10.6 Å². The Hall–Kier alpha value is -2.29. The summed E-state index contributed by atoms with van der Waals surface area (Å²) in [4.78, 5) is 15.7. The fourth-order valence-corrected chi connectivity index (χ4v) is 2.81. The summed E-state index contributed by atoms with van der Waals surface area (Å²) in [6.45, 7) is 1.35. The van der Waals surface area contributed by atoms with Crippen LogP contribution in [0.4, 0.5) is 15.8 Å². The van der Waals surface area contributed by atoms with Crippen LogP contribution in [0, 0.1) is 17.1 Å². The van der Waals surface area contributed by atoms with Gasteiger partial charge in [-0.05, 0) is 31.0 Å². The van der Waals surface area contributed by atoms with E-state index in [1.165, 1.54) is 6.07 Å². The Kier molecular flexibility index (Phi) is 5.21. The minimum atomic E-state index is -0.334. The van der Waals surface area contributed by atoms with Gasteiger partial charge in [-0.3, -0.25) is 4.79 Å². The molecule has 2 N–H and O–H groups in total. The van der Waals surface area contributed by atoms with E-state index < -0.39 is 0 Å². The Morgan fingerprint density at radius 2 is 2.36 bits per heavy atom. The minimum absolute atomic E-state index is 0.0359. The number of hydrogen-bond donors (Lipinski definition) is 1. The molecular formula is C16H21FN4O. The van der Waals surface area contributed by atoms with Crippen LogP contribution in [0.1, 0.15) is 25.7 Å². The summed E-state index contributed by atoms with van der Waals surface area (Å²) in [5.41, 5.74) is 6.51. The van der Waals surface area contributed by atoms with Gasteiger partial charge in [-0.2, -0.15) is 5.26 Å². The molecule has 0 aliphatic carbocycles. The molecule has 0 bridgehead atoms. The predicted molar refractivity (Wildman–Crippen MR) is 83.7 cm³/mol. The summed E-state index contributed by atoms with van der Waals surface area (Å²) in [6.07, 6.45) is 2.25. The van der Waals surface area contributed by atoms with Gasteiger partial charge in [-0.25, -0.2) is 4.39 Å². The second-order valence-electron chi connectivity index (χ2n) is 5.62. The quantitative estimate of drug-likeness (QED) is 0.865. The molecule has 1 aromatic carbocycles. The normalized spacial score (nSPS) is 17.9. The molecule has 1 aliphatic rings. The third-order valence-electron chi connectivity index (χ3n) is 4.10. The van der Waals surface area contributed by atoms with E-state index >= 15 is 0 Å². The number of likely N-dealkylation sites (N-methyl/N-ethyl adjacent to an activating group) is 1. The van der Waals surface area contributed by atoms with Gasteiger partial charge in [0.2, 0.25) is 5.91 Å². The maximum atomic E-state index is 14.1. The molecule has 118 valence electrons. The average molecular weight is 304 g/mol. The third kappa shape index (κ3) is 3.67. The van der Waals surface area contributed by atoms with Crippen molar-refractivity contribution < 1.29 is 9.18 Å². The van der Waals surface area contributed by atoms with Gasteiger partial charge in [0.05, 0.1) is 11.8 Å². The lowest BCUT2D eigenvalue weighted by Crippen LogP contribution is -2.48. The summed E-state index contributed by atoms with van der Waals surface area (Å²) >= 11 is 0. The second-order valence-corrected chi connectivity index (χ2v) is 5.62. The molecule has 1 atom stereocenters. The summed E-state index contributed by atoms with van der Waals surface area (Å²) in [7, 11) is 1.76. The smallest absolute Gasteiger partial charge is 0.223 e. The van der Waals surface area contributed by atoms with Crippen molar-refractivity contribution in [3.05, 3.63) is 24.0 Å². The summed E-state index contributed by atoms with van der Waals surface area (Å²) in [5.74, 6) is -0.370. The molecule has 2 rings (SSSR count). The Morgan fingerprint density at radius 1 is 1.59 bits per heavy atom. The zero-order valence-electron chi connectivity index (χ0n) is 12.8. The topological polar surface area (TPSA) is 73.4 Å². The fourth-order valence-electron chi connectivity index (χ4n) is 2.81. The molecule has 0 aromatic heterocycles. The van der Waals surface area contributed by atoms with Crippen molar-refractivity contribution in [2.45, 2.75) is 31.7 Å². The maximum absolute atomic E-state index is 14.1. The molecule has 1 saturated heterocycles. The number of carbonyl (C=O) groups is 1. The highest BCUT2D eigenvalue weighted by Gasteiger charge is 2.27. The van der Waals surface area contributed by atoms with Crippen molar-refractivity contribution in [2.24, 2.45) is 0 Å². The zero-order chi connectivity index (χ0) is 16.1. The first-order chi connectivity index (χ1) is 10.5. The van der Waals surface area contributed by atoms with E-state index in [0.717, 1.165) is 19.4 Å². The van der Waals surface area contributed by atoms with Crippen LogP contribution in [0.3, 0.4) is 0 Å². The molecular weight excluding hydrogens is 283 g/mol. The lowest BCUT2D eigenvalue weighted by molar-refractivity contribution is -0.132. The summed E-state index contributed by atoms with van der Waals surface area (Å²) in [6, 6.07) is 6.71. The van der Waals surface area contributed by atoms with Gasteiger partial charge in [0.25, 0.3) is 0 Å². The lowest BCUT2D eigenvalue weighted by atomic mass is 10.0. The fraction of sp³-hybridized carbons (Fsp3) is 0.500. The Morgan fingerprint density at radius 3 is 3.05 bits per heavy atom. The number of nitrogens with zero attached hydrogens (tertiary/aromatic N) is 3. The Balaban J connectivity index is 2.05. The SMILES string of the molecule is CN(C(=O)CCC#N)[C@H]1CCCN(c2ccc(N)cc2F)C1. The second kappa shape index (κ2) is 7.12. The number of nitrogens with two attached hydrogens (primary N) is 1. The van der Waals surface area contributed by atoms with Gasteiger partial charge in [0, 0.05) is 44.7 Å². The molecule has 1 heterocycles. The number of hydrogen-bond acceptors (Lipinski definition) is 4. The van der Waals surface area contributed by atoms with Gasteiger partial charge in [-0.15, -0.1) is 0 Å². The standard InChI is InChI=1S/C16H21FN4O/c1-20(16(22)5-2-8-18)13-4-3-9-21(11-13)15-7-6-12(19)10-14(15)17/h6-7,10,13H,2-5,9,11,19H2,1H3/t13-/m0/s1. The number of rotatable bonds is 4. The average Bonchev–Trinajstić information content (AvgIpc) is 2.52. The van der Waals surface area contributed by atoms with Crippen molar-refractivity contribution >= 4 is 17.3 Å². The number of nitrogen functional groups attached to an aromatic ring is 1. The van der Waals surface area contributed by atoms with Crippen LogP contribution in [0.5, 0.6) is 0 Å². The number of piperidine rings is 1. The highest BCUT2D eigenvalue weighted by Crippen LogP contribution is 2.26. The molecule has 5 nitrogen and oxygen atoms in total. The highest BCUT2D eigenvalue weighted by atomic mass is 19.1. The van der Waals surface area contributed by atoms with Gasteiger partial charge in [0.15, 0.2) is 0 Å². The first-order valence-electron chi connectivity index (χ1n) is 7.45. The van der Waals surface area contributed by atoms with Crippen LogP contribution in [0.2, 0.25) is 0 Å². The lowest BCUT2D eigenvalue weighted by Gasteiger charge is -2.39. The Labute approximate surface area is 130 Å². The summed E-state index contributed by atoms with van der Waals surface area (Å²) < 4.78 is 14.1. The highest BCUT2D eigenvalue weighted by molar-refractivity contribution is 5.76. The van der Waals surface area contributed by atoms with E-state index in [4.69, 9.17) is 11.0 Å². The molecule has 0 unspecified atom stereocenters. The monoisotopic (exact) mass is 304 g/mol. The van der Waals surface area contributed by atoms with Crippen molar-refractivity contribution in [1.29, 1.82) is 5.26 Å². The molecule has 1 amide bonds. The van der Waals surface area contributed by atoms with Crippen molar-refractivity contribution in [2.75, 3.05) is 30.8 Å². The number of halogens is 1. The largest absolute Gasteiger partial charge is 0.399 e. The van der Waals surface area contributed by atoms with Crippen molar-refractivity contribution in [1.82, 2.24) is 4.90 Å². The predicted octanol–water partition coefficient (Wildman–Crippen LogP) is 2.14. The van der Waals surface area contributed by atoms with Gasteiger partial charge < -0.3 is 15.5 Å². The van der Waals surface area contributed by atoms with Crippen LogP contribution in [0.25, 0.3) is 0 Å². The molecule has 1 aromatic rings. The molecule has 22 heavy (non-hydrogen) atoms. The van der Waals surface area contributed by atoms with E-state index in [2.05, 4.69) is 0 Å². The van der Waals surface area contributed by atoms with Gasteiger partial charge in [0.1, 0.15) is 5.82 Å². The summed E-state index contributed by atoms with van der Waals surface area (Å²) in [5, 5.41) is 8.57. The van der Waals surface area contributed by atoms with E-state index in [1.54, 1.807) is 24.1 Å². The molecule has 6 heteroatoms. The first kappa shape index (κ1) is 16.1. The molecule has 1 fully saturated rings. The molecule has 1 aliphatic heterocycles. The number of nitriles is 1. The van der Waals surface area contributed by atoms with E-state index in [9.17, 15) is 9.18 Å². The van der Waals surface area contributed by atoms with E-state index in [1.807, 2.05) is 11.0 Å². The maximum Gasteiger partial charge on any atom is 0.223 e. The van der Waals surface area contributed by atoms with Crippen LogP contribution >= 0.6 is 0 Å². The van der Waals surface area contributed by atoms with Crippen LogP contribution in [-0.4, -0.2) is 37.0 Å². The minimum Gasteiger partial charge on any atom is -0.399 e. The molecule has 0 radical (unpaired) electrons. The molecule has 0 saturated carbocycles. The van der Waals surface area contributed by atoms with E-state index in [0.29, 0.717) is 17.9 Å². The van der Waals surface area contributed by atoms with Crippen molar-refractivity contribution in [3.63, 3.8) is 0 Å². The number of benzene rings is 1. The van der Waals surface area contributed by atoms with Crippen molar-refractivity contribution in [3.8, 4) is 6.07 Å². The number of carbonyl (C=O) groups excluding carboxylic acids is 1. The third-order valence-corrected chi connectivity index (χ3v) is 4.10. The zero-order valence-corrected chi connectivity index (χ0v) is 12.8. The molecule has 0 spiro atoms. The van der Waals surface area contributed by atoms with Crippen LogP contribution in [-0.2, 0) is 4.79 Å².